The Bertz CT molecular complexity index is 423. The first kappa shape index (κ1) is 13.5. The van der Waals surface area contributed by atoms with Crippen LogP contribution in [0.1, 0.15) is 18.9 Å². The van der Waals surface area contributed by atoms with Crippen LogP contribution < -0.4 is 9.47 Å². The molecule has 0 fully saturated rings. The van der Waals surface area contributed by atoms with Crippen molar-refractivity contribution in [3.8, 4) is 11.5 Å². The lowest BCUT2D eigenvalue weighted by Crippen LogP contribution is -2.22. The summed E-state index contributed by atoms with van der Waals surface area (Å²) < 4.78 is 10.6. The minimum atomic E-state index is -0.271. The van der Waals surface area contributed by atoms with E-state index in [4.69, 9.17) is 21.1 Å². The van der Waals surface area contributed by atoms with E-state index in [-0.39, 0.29) is 12.9 Å². The second-order valence-corrected chi connectivity index (χ2v) is 5.09. The Labute approximate surface area is 112 Å². The molecule has 4 nitrogen and oxygen atoms in total. The molecule has 0 saturated carbocycles. The van der Waals surface area contributed by atoms with Crippen molar-refractivity contribution in [2.45, 2.75) is 26.0 Å². The standard InChI is InChI=1S/C13H18ClNO3/c1-9(16)3-4-15(2)7-10-5-11(14)13-12(6-10)17-8-18-13/h5-6,9,16H,3-4,7-8H2,1-2H3. The number of rotatable bonds is 5. The largest absolute Gasteiger partial charge is 0.454 e. The number of halogens is 1. The summed E-state index contributed by atoms with van der Waals surface area (Å²) >= 11 is 6.12. The molecule has 1 unspecified atom stereocenters. The number of fused-ring (bicyclic) bond motifs is 1. The Kier molecular flexibility index (Phi) is 4.32. The van der Waals surface area contributed by atoms with Crippen molar-refractivity contribution in [2.75, 3.05) is 20.4 Å². The van der Waals surface area contributed by atoms with Crippen LogP contribution in [0.5, 0.6) is 11.5 Å². The summed E-state index contributed by atoms with van der Waals surface area (Å²) in [4.78, 5) is 2.14. The van der Waals surface area contributed by atoms with Crippen LogP contribution in [0.15, 0.2) is 12.1 Å². The van der Waals surface area contributed by atoms with E-state index in [2.05, 4.69) is 4.90 Å². The molecule has 1 atom stereocenters. The van der Waals surface area contributed by atoms with Gasteiger partial charge in [-0.25, -0.2) is 0 Å². The van der Waals surface area contributed by atoms with Gasteiger partial charge in [0.1, 0.15) is 0 Å². The first-order valence-corrected chi connectivity index (χ1v) is 6.38. The van der Waals surface area contributed by atoms with Gasteiger partial charge in [-0.15, -0.1) is 0 Å². The van der Waals surface area contributed by atoms with E-state index in [1.807, 2.05) is 19.2 Å². The summed E-state index contributed by atoms with van der Waals surface area (Å²) in [5, 5.41) is 9.84. The van der Waals surface area contributed by atoms with Crippen molar-refractivity contribution in [3.05, 3.63) is 22.7 Å². The number of benzene rings is 1. The average molecular weight is 272 g/mol. The lowest BCUT2D eigenvalue weighted by molar-refractivity contribution is 0.162. The molecule has 100 valence electrons. The van der Waals surface area contributed by atoms with E-state index in [0.29, 0.717) is 16.5 Å². The summed E-state index contributed by atoms with van der Waals surface area (Å²) in [7, 11) is 2.01. The molecular formula is C13H18ClNO3. The number of hydrogen-bond donors (Lipinski definition) is 1. The number of hydrogen-bond acceptors (Lipinski definition) is 4. The van der Waals surface area contributed by atoms with Gasteiger partial charge >= 0.3 is 0 Å². The zero-order valence-electron chi connectivity index (χ0n) is 10.6. The second kappa shape index (κ2) is 5.78. The van der Waals surface area contributed by atoms with E-state index >= 15 is 0 Å². The Morgan fingerprint density at radius 2 is 2.22 bits per heavy atom. The van der Waals surface area contributed by atoms with Gasteiger partial charge in [-0.1, -0.05) is 11.6 Å². The van der Waals surface area contributed by atoms with Crippen molar-refractivity contribution < 1.29 is 14.6 Å². The third-order valence-corrected chi connectivity index (χ3v) is 3.15. The van der Waals surface area contributed by atoms with Crippen LogP contribution in [-0.2, 0) is 6.54 Å². The highest BCUT2D eigenvalue weighted by atomic mass is 35.5. The summed E-state index contributed by atoms with van der Waals surface area (Å²) in [6.45, 7) is 3.63. The van der Waals surface area contributed by atoms with Gasteiger partial charge in [0.25, 0.3) is 0 Å². The van der Waals surface area contributed by atoms with Crippen LogP contribution in [0.2, 0.25) is 5.02 Å². The molecule has 0 saturated heterocycles. The van der Waals surface area contributed by atoms with Gasteiger partial charge in [-0.3, -0.25) is 0 Å². The van der Waals surface area contributed by atoms with Crippen molar-refractivity contribution in [2.24, 2.45) is 0 Å². The molecule has 0 aromatic heterocycles. The summed E-state index contributed by atoms with van der Waals surface area (Å²) in [6, 6.07) is 3.85. The van der Waals surface area contributed by atoms with Crippen molar-refractivity contribution in [3.63, 3.8) is 0 Å². The zero-order chi connectivity index (χ0) is 13.1. The van der Waals surface area contributed by atoms with Crippen LogP contribution in [0.3, 0.4) is 0 Å². The Hall–Kier alpha value is -0.970. The van der Waals surface area contributed by atoms with Crippen LogP contribution in [0.25, 0.3) is 0 Å². The van der Waals surface area contributed by atoms with Crippen LogP contribution in [0.4, 0.5) is 0 Å². The van der Waals surface area contributed by atoms with Gasteiger partial charge in [-0.2, -0.15) is 0 Å². The van der Waals surface area contributed by atoms with Gasteiger partial charge in [0, 0.05) is 13.1 Å². The highest BCUT2D eigenvalue weighted by molar-refractivity contribution is 6.32. The second-order valence-electron chi connectivity index (χ2n) is 4.69. The van der Waals surface area contributed by atoms with Crippen molar-refractivity contribution in [1.82, 2.24) is 4.90 Å². The number of ether oxygens (including phenoxy) is 2. The van der Waals surface area contributed by atoms with Crippen molar-refractivity contribution in [1.29, 1.82) is 0 Å². The molecular weight excluding hydrogens is 254 g/mol. The van der Waals surface area contributed by atoms with E-state index in [1.54, 1.807) is 6.92 Å². The molecule has 0 amide bonds. The third kappa shape index (κ3) is 3.28. The predicted octanol–water partition coefficient (Wildman–Crippen LogP) is 2.27. The molecule has 1 heterocycles. The maximum absolute atomic E-state index is 9.25. The first-order valence-electron chi connectivity index (χ1n) is 6.01. The highest BCUT2D eigenvalue weighted by Crippen LogP contribution is 2.39. The van der Waals surface area contributed by atoms with Gasteiger partial charge in [0.15, 0.2) is 11.5 Å². The van der Waals surface area contributed by atoms with Crippen LogP contribution >= 0.6 is 11.6 Å². The minimum Gasteiger partial charge on any atom is -0.454 e. The molecule has 1 aliphatic heterocycles. The fourth-order valence-corrected chi connectivity index (χ4v) is 2.20. The number of aliphatic hydroxyl groups is 1. The topological polar surface area (TPSA) is 41.9 Å². The molecule has 0 spiro atoms. The molecule has 1 aliphatic rings. The van der Waals surface area contributed by atoms with E-state index in [1.165, 1.54) is 0 Å². The quantitative estimate of drug-likeness (QED) is 0.892. The Morgan fingerprint density at radius 1 is 1.44 bits per heavy atom. The zero-order valence-corrected chi connectivity index (χ0v) is 11.4. The summed E-state index contributed by atoms with van der Waals surface area (Å²) in [5.74, 6) is 1.34. The fourth-order valence-electron chi connectivity index (χ4n) is 1.91. The van der Waals surface area contributed by atoms with Gasteiger partial charge in [-0.05, 0) is 38.1 Å². The highest BCUT2D eigenvalue weighted by Gasteiger charge is 2.18. The third-order valence-electron chi connectivity index (χ3n) is 2.87. The Balaban J connectivity index is 1.99. The fraction of sp³-hybridized carbons (Fsp3) is 0.538. The van der Waals surface area contributed by atoms with E-state index < -0.39 is 0 Å². The maximum Gasteiger partial charge on any atom is 0.231 e. The normalized spacial score (nSPS) is 15.2. The molecule has 1 N–H and O–H groups in total. The molecule has 5 heteroatoms. The van der Waals surface area contributed by atoms with Crippen LogP contribution in [0, 0.1) is 0 Å². The molecule has 2 rings (SSSR count). The average Bonchev–Trinajstić information content (AvgIpc) is 2.75. The monoisotopic (exact) mass is 271 g/mol. The molecule has 0 radical (unpaired) electrons. The predicted molar refractivity (Wildman–Crippen MR) is 70.2 cm³/mol. The smallest absolute Gasteiger partial charge is 0.231 e. The van der Waals surface area contributed by atoms with Gasteiger partial charge in [0.05, 0.1) is 11.1 Å². The lowest BCUT2D eigenvalue weighted by atomic mass is 10.2. The lowest BCUT2D eigenvalue weighted by Gasteiger charge is -2.18. The SMILES string of the molecule is CC(O)CCN(C)Cc1cc(Cl)c2c(c1)OCO2. The molecule has 1 aromatic rings. The van der Waals surface area contributed by atoms with Crippen molar-refractivity contribution >= 4 is 11.6 Å². The van der Waals surface area contributed by atoms with Gasteiger partial charge < -0.3 is 19.5 Å². The van der Waals surface area contributed by atoms with E-state index in [9.17, 15) is 5.11 Å². The molecule has 18 heavy (non-hydrogen) atoms. The van der Waals surface area contributed by atoms with Crippen LogP contribution in [-0.4, -0.2) is 36.5 Å². The summed E-state index contributed by atoms with van der Waals surface area (Å²) in [6.07, 6.45) is 0.488. The Morgan fingerprint density at radius 3 is 2.94 bits per heavy atom. The first-order chi connectivity index (χ1) is 8.56. The molecule has 1 aromatic carbocycles. The van der Waals surface area contributed by atoms with E-state index in [0.717, 1.165) is 25.1 Å². The summed E-state index contributed by atoms with van der Waals surface area (Å²) in [5.41, 5.74) is 1.08. The molecule has 0 aliphatic carbocycles. The maximum atomic E-state index is 9.25. The minimum absolute atomic E-state index is 0.233. The number of aliphatic hydroxyl groups excluding tert-OH is 1. The molecule has 0 bridgehead atoms. The van der Waals surface area contributed by atoms with Gasteiger partial charge in [0.2, 0.25) is 6.79 Å². The number of nitrogens with zero attached hydrogens (tertiary/aromatic N) is 1.